The lowest BCUT2D eigenvalue weighted by Crippen LogP contribution is -2.70. The molecular formula is C37H44F2N4O7S. The fraction of sp³-hybridized carbons (Fsp3) is 0.595. The number of ether oxygens (including phenoxy) is 2. The number of nitrogens with two attached hydrogens (primary N) is 1. The molecule has 4 fully saturated rings. The Morgan fingerprint density at radius 2 is 1.94 bits per heavy atom. The molecule has 2 aromatic rings. The number of rotatable bonds is 8. The molecule has 274 valence electrons. The van der Waals surface area contributed by atoms with Crippen LogP contribution < -0.4 is 5.73 Å². The zero-order valence-electron chi connectivity index (χ0n) is 29.0. The predicted molar refractivity (Wildman–Crippen MR) is 184 cm³/mol. The van der Waals surface area contributed by atoms with E-state index in [2.05, 4.69) is 5.10 Å². The Bertz CT molecular complexity index is 1820. The van der Waals surface area contributed by atoms with E-state index in [0.717, 1.165) is 16.8 Å². The highest BCUT2D eigenvalue weighted by atomic mass is 32.2. The number of aliphatic hydroxyl groups is 1. The van der Waals surface area contributed by atoms with E-state index in [1.54, 1.807) is 36.0 Å². The average molecular weight is 727 g/mol. The minimum absolute atomic E-state index is 0.105. The van der Waals surface area contributed by atoms with Gasteiger partial charge in [0.15, 0.2) is 5.60 Å². The lowest BCUT2D eigenvalue weighted by atomic mass is 9.44. The van der Waals surface area contributed by atoms with Crippen molar-refractivity contribution in [3.63, 3.8) is 0 Å². The highest BCUT2D eigenvalue weighted by Gasteiger charge is 2.76. The first-order valence-electron chi connectivity index (χ1n) is 17.6. The topological polar surface area (TPSA) is 154 Å². The minimum Gasteiger partial charge on any atom is -0.448 e. The second-order valence-corrected chi connectivity index (χ2v) is 16.1. The van der Waals surface area contributed by atoms with Gasteiger partial charge in [-0.25, -0.2) is 18.3 Å². The van der Waals surface area contributed by atoms with Crippen molar-refractivity contribution >= 4 is 40.7 Å². The van der Waals surface area contributed by atoms with Crippen LogP contribution >= 0.6 is 11.8 Å². The standard InChI is InChI=1S/C37H44F2N4O7S/c1-34-16-22-18-41-43(24-7-4-6-21(14-24)32(47)42-13-5-8-27(42)31(40)46)28(22)15-23(34)9-10-26-25-11-12-36(33(48)51-20-38,50-30(45)19-49-3)35(25,2)17-29(44)37(26,34)39/h4,6-7,14-15,18,25-27,29,44H,5,8-13,16-17,19-20H2,1-3H3,(H2,40,46)/t25-,26-,27+,29-,34-,35-,36-,37-/m0/s1. The van der Waals surface area contributed by atoms with Gasteiger partial charge in [0.1, 0.15) is 24.3 Å². The van der Waals surface area contributed by atoms with E-state index in [0.29, 0.717) is 61.7 Å². The fourth-order valence-corrected chi connectivity index (χ4v) is 11.3. The number of benzene rings is 1. The molecule has 7 rings (SSSR count). The summed E-state index contributed by atoms with van der Waals surface area (Å²) in [5.41, 5.74) is 2.94. The summed E-state index contributed by atoms with van der Waals surface area (Å²) in [4.78, 5) is 53.3. The minimum atomic E-state index is -2.08. The molecule has 0 bridgehead atoms. The van der Waals surface area contributed by atoms with Crippen LogP contribution in [0.3, 0.4) is 0 Å². The molecule has 0 spiro atoms. The molecule has 3 N–H and O–H groups in total. The number of methoxy groups -OCH3 is 1. The Balaban J connectivity index is 1.20. The third kappa shape index (κ3) is 5.13. The normalized spacial score (nSPS) is 35.3. The first-order chi connectivity index (χ1) is 24.3. The molecule has 5 aliphatic rings. The number of likely N-dealkylation sites (tertiary alicyclic amines) is 1. The Hall–Kier alpha value is -3.62. The number of aromatic nitrogens is 2. The van der Waals surface area contributed by atoms with Crippen LogP contribution in [0.4, 0.5) is 8.78 Å². The number of nitrogens with zero attached hydrogens (tertiary/aromatic N) is 3. The average Bonchev–Trinajstić information content (AvgIpc) is 3.81. The van der Waals surface area contributed by atoms with Crippen LogP contribution in [0.2, 0.25) is 0 Å². The van der Waals surface area contributed by atoms with Gasteiger partial charge in [0.25, 0.3) is 5.91 Å². The Kier molecular flexibility index (Phi) is 8.98. The van der Waals surface area contributed by atoms with Crippen LogP contribution in [0.25, 0.3) is 11.8 Å². The van der Waals surface area contributed by atoms with Gasteiger partial charge in [-0.2, -0.15) is 5.10 Å². The number of aliphatic hydroxyl groups excluding tert-OH is 1. The zero-order valence-corrected chi connectivity index (χ0v) is 29.8. The third-order valence-corrected chi connectivity index (χ3v) is 13.6. The van der Waals surface area contributed by atoms with E-state index in [1.165, 1.54) is 12.0 Å². The van der Waals surface area contributed by atoms with E-state index in [1.807, 2.05) is 19.1 Å². The second-order valence-electron chi connectivity index (χ2n) is 15.2. The number of alkyl halides is 2. The van der Waals surface area contributed by atoms with Crippen molar-refractivity contribution in [2.75, 3.05) is 26.3 Å². The van der Waals surface area contributed by atoms with Gasteiger partial charge in [0.2, 0.25) is 11.0 Å². The summed E-state index contributed by atoms with van der Waals surface area (Å²) >= 11 is 0.434. The molecule has 14 heteroatoms. The molecule has 11 nitrogen and oxygen atoms in total. The molecule has 8 atom stereocenters. The van der Waals surface area contributed by atoms with Gasteiger partial charge < -0.3 is 25.2 Å². The number of thioether (sulfide) groups is 1. The lowest BCUT2D eigenvalue weighted by molar-refractivity contribution is -0.229. The summed E-state index contributed by atoms with van der Waals surface area (Å²) in [6, 6.07) is 5.37. The summed E-state index contributed by atoms with van der Waals surface area (Å²) in [6.45, 7) is 3.68. The molecule has 4 aliphatic carbocycles. The number of hydrogen-bond donors (Lipinski definition) is 2. The van der Waals surface area contributed by atoms with Gasteiger partial charge in [0, 0.05) is 36.0 Å². The summed E-state index contributed by atoms with van der Waals surface area (Å²) in [5, 5.41) is 16.0. The van der Waals surface area contributed by atoms with E-state index >= 15 is 4.39 Å². The van der Waals surface area contributed by atoms with E-state index < -0.39 is 75.7 Å². The van der Waals surface area contributed by atoms with Crippen LogP contribution in [-0.2, 0) is 30.3 Å². The third-order valence-electron chi connectivity index (χ3n) is 12.9. The summed E-state index contributed by atoms with van der Waals surface area (Å²) in [5.74, 6) is -2.65. The number of carbonyl (C=O) groups excluding carboxylic acids is 4. The van der Waals surface area contributed by atoms with Crippen LogP contribution in [-0.4, -0.2) is 92.4 Å². The second kappa shape index (κ2) is 12.8. The first-order valence-corrected chi connectivity index (χ1v) is 18.5. The number of esters is 1. The molecule has 1 aliphatic heterocycles. The van der Waals surface area contributed by atoms with Crippen molar-refractivity contribution in [1.29, 1.82) is 0 Å². The van der Waals surface area contributed by atoms with Crippen LogP contribution in [0.1, 0.15) is 80.4 Å². The van der Waals surface area contributed by atoms with Crippen molar-refractivity contribution in [2.24, 2.45) is 28.4 Å². The number of amides is 2. The number of primary amides is 1. The molecular weight excluding hydrogens is 682 g/mol. The molecule has 0 unspecified atom stereocenters. The maximum absolute atomic E-state index is 18.3. The SMILES string of the molecule is COCC(=O)O[C@]1(C(=O)SCF)CC[C@H]2[C@@H]3CCC4=Cc5c(cnn5-c5cccc(C(=O)N6CCC[C@@H]6C(N)=O)c5)C[C@]4(C)[C@@]3(F)[C@@H](O)C[C@@]21C. The summed E-state index contributed by atoms with van der Waals surface area (Å²) in [6.07, 6.45) is 4.90. The van der Waals surface area contributed by atoms with Gasteiger partial charge in [-0.1, -0.05) is 25.5 Å². The van der Waals surface area contributed by atoms with Crippen molar-refractivity contribution in [3.8, 4) is 5.69 Å². The van der Waals surface area contributed by atoms with Crippen LogP contribution in [0.5, 0.6) is 0 Å². The highest BCUT2D eigenvalue weighted by Crippen LogP contribution is 2.71. The summed E-state index contributed by atoms with van der Waals surface area (Å²) in [7, 11) is 1.33. The van der Waals surface area contributed by atoms with Gasteiger partial charge >= 0.3 is 5.97 Å². The zero-order chi connectivity index (χ0) is 36.5. The lowest BCUT2D eigenvalue weighted by Gasteiger charge is -2.63. The number of allylic oxidation sites excluding steroid dienone is 1. The molecule has 2 amide bonds. The number of halogens is 2. The Morgan fingerprint density at radius 3 is 2.67 bits per heavy atom. The molecule has 1 aromatic heterocycles. The Morgan fingerprint density at radius 1 is 1.16 bits per heavy atom. The molecule has 3 saturated carbocycles. The van der Waals surface area contributed by atoms with Gasteiger partial charge in [0.05, 0.1) is 23.7 Å². The number of fused-ring (bicyclic) bond motifs is 6. The summed E-state index contributed by atoms with van der Waals surface area (Å²) < 4.78 is 44.4. The fourth-order valence-electron chi connectivity index (χ4n) is 10.5. The highest BCUT2D eigenvalue weighted by molar-refractivity contribution is 8.13. The largest absolute Gasteiger partial charge is 0.448 e. The Labute approximate surface area is 299 Å². The van der Waals surface area contributed by atoms with E-state index in [9.17, 15) is 28.7 Å². The predicted octanol–water partition coefficient (Wildman–Crippen LogP) is 4.32. The monoisotopic (exact) mass is 726 g/mol. The van der Waals surface area contributed by atoms with Gasteiger partial charge in [-0.3, -0.25) is 14.4 Å². The van der Waals surface area contributed by atoms with Crippen LogP contribution in [0, 0.1) is 22.7 Å². The molecule has 1 saturated heterocycles. The molecule has 51 heavy (non-hydrogen) atoms. The van der Waals surface area contributed by atoms with Crippen molar-refractivity contribution < 1.29 is 42.5 Å². The van der Waals surface area contributed by atoms with Crippen molar-refractivity contribution in [2.45, 2.75) is 88.6 Å². The smallest absolute Gasteiger partial charge is 0.333 e. The molecule has 1 aromatic carbocycles. The van der Waals surface area contributed by atoms with E-state index in [4.69, 9.17) is 15.2 Å². The molecule has 2 heterocycles. The van der Waals surface area contributed by atoms with E-state index in [-0.39, 0.29) is 25.2 Å². The first kappa shape index (κ1) is 35.8. The number of carbonyl (C=O) groups is 4. The molecule has 0 radical (unpaired) electrons. The number of hydrogen-bond acceptors (Lipinski definition) is 9. The van der Waals surface area contributed by atoms with Crippen LogP contribution in [0.15, 0.2) is 36.0 Å². The van der Waals surface area contributed by atoms with Gasteiger partial charge in [-0.15, -0.1) is 0 Å². The van der Waals surface area contributed by atoms with Gasteiger partial charge in [-0.05, 0) is 98.9 Å². The van der Waals surface area contributed by atoms with Crippen molar-refractivity contribution in [1.82, 2.24) is 14.7 Å². The maximum Gasteiger partial charge on any atom is 0.333 e. The van der Waals surface area contributed by atoms with Crippen molar-refractivity contribution in [3.05, 3.63) is 52.9 Å². The quantitative estimate of drug-likeness (QED) is 0.379. The maximum atomic E-state index is 18.3.